The number of likely N-dealkylation sites (N-methyl/N-ethyl adjacent to an activating group) is 1. The van der Waals surface area contributed by atoms with E-state index in [9.17, 15) is 4.39 Å². The molecular formula is C14H17ClFN5. The van der Waals surface area contributed by atoms with Gasteiger partial charge in [-0.25, -0.2) is 9.37 Å². The van der Waals surface area contributed by atoms with Gasteiger partial charge in [0.05, 0.1) is 5.02 Å². The summed E-state index contributed by atoms with van der Waals surface area (Å²) in [7, 11) is 4.01. The van der Waals surface area contributed by atoms with Gasteiger partial charge in [0.2, 0.25) is 5.95 Å². The molecular weight excluding hydrogens is 293 g/mol. The maximum atomic E-state index is 13.1. The minimum absolute atomic E-state index is 0.0558. The second-order valence-electron chi connectivity index (χ2n) is 4.75. The van der Waals surface area contributed by atoms with E-state index in [0.29, 0.717) is 11.6 Å². The van der Waals surface area contributed by atoms with E-state index in [1.54, 1.807) is 18.3 Å². The fourth-order valence-electron chi connectivity index (χ4n) is 1.63. The van der Waals surface area contributed by atoms with E-state index in [-0.39, 0.29) is 5.02 Å². The first kappa shape index (κ1) is 15.5. The molecule has 1 heterocycles. The standard InChI is InChI=1S/C14H17ClFN5/c1-21(2)8-7-17-13-5-6-18-14(20-13)19-10-3-4-12(16)11(15)9-10/h3-6,9H,7-8H2,1-2H3,(H2,17,18,19,20). The Morgan fingerprint density at radius 2 is 2.10 bits per heavy atom. The van der Waals surface area contributed by atoms with E-state index in [1.165, 1.54) is 12.1 Å². The number of benzene rings is 1. The zero-order valence-electron chi connectivity index (χ0n) is 11.9. The highest BCUT2D eigenvalue weighted by Crippen LogP contribution is 2.21. The molecule has 112 valence electrons. The maximum absolute atomic E-state index is 13.1. The quantitative estimate of drug-likeness (QED) is 0.859. The van der Waals surface area contributed by atoms with Gasteiger partial charge in [-0.2, -0.15) is 4.98 Å². The first-order valence-corrected chi connectivity index (χ1v) is 6.86. The fraction of sp³-hybridized carbons (Fsp3) is 0.286. The Bertz CT molecular complexity index is 606. The van der Waals surface area contributed by atoms with Crippen molar-refractivity contribution in [2.45, 2.75) is 0 Å². The zero-order chi connectivity index (χ0) is 15.2. The fourth-order valence-corrected chi connectivity index (χ4v) is 1.81. The van der Waals surface area contributed by atoms with E-state index < -0.39 is 5.82 Å². The van der Waals surface area contributed by atoms with Crippen molar-refractivity contribution in [2.75, 3.05) is 37.8 Å². The summed E-state index contributed by atoms with van der Waals surface area (Å²) >= 11 is 5.74. The van der Waals surface area contributed by atoms with Crippen LogP contribution < -0.4 is 10.6 Å². The molecule has 0 atom stereocenters. The lowest BCUT2D eigenvalue weighted by Gasteiger charge is -2.11. The Kier molecular flexibility index (Phi) is 5.30. The third kappa shape index (κ3) is 4.84. The first-order valence-electron chi connectivity index (χ1n) is 6.48. The third-order valence-corrected chi connectivity index (χ3v) is 2.99. The van der Waals surface area contributed by atoms with Crippen LogP contribution in [-0.4, -0.2) is 42.1 Å². The highest BCUT2D eigenvalue weighted by Gasteiger charge is 2.03. The summed E-state index contributed by atoms with van der Waals surface area (Å²) in [4.78, 5) is 10.5. The molecule has 2 N–H and O–H groups in total. The van der Waals surface area contributed by atoms with Crippen LogP contribution in [0, 0.1) is 5.82 Å². The van der Waals surface area contributed by atoms with Crippen molar-refractivity contribution in [1.29, 1.82) is 0 Å². The summed E-state index contributed by atoms with van der Waals surface area (Å²) in [6, 6.07) is 6.16. The number of rotatable bonds is 6. The number of hydrogen-bond donors (Lipinski definition) is 2. The van der Waals surface area contributed by atoms with E-state index in [1.807, 2.05) is 14.1 Å². The summed E-state index contributed by atoms with van der Waals surface area (Å²) in [5.41, 5.74) is 0.631. The number of halogens is 2. The predicted molar refractivity (Wildman–Crippen MR) is 83.8 cm³/mol. The van der Waals surface area contributed by atoms with Gasteiger partial charge in [0.1, 0.15) is 11.6 Å². The molecule has 0 fully saturated rings. The van der Waals surface area contributed by atoms with Gasteiger partial charge in [-0.05, 0) is 38.4 Å². The topological polar surface area (TPSA) is 53.1 Å². The Morgan fingerprint density at radius 3 is 2.81 bits per heavy atom. The molecule has 0 aliphatic carbocycles. The van der Waals surface area contributed by atoms with Gasteiger partial charge in [-0.15, -0.1) is 0 Å². The van der Waals surface area contributed by atoms with Crippen LogP contribution >= 0.6 is 11.6 Å². The lowest BCUT2D eigenvalue weighted by atomic mass is 10.3. The average molecular weight is 310 g/mol. The van der Waals surface area contributed by atoms with Crippen molar-refractivity contribution in [2.24, 2.45) is 0 Å². The van der Waals surface area contributed by atoms with E-state index in [2.05, 4.69) is 25.5 Å². The number of nitrogens with zero attached hydrogens (tertiary/aromatic N) is 3. The Labute approximate surface area is 128 Å². The van der Waals surface area contributed by atoms with Crippen LogP contribution in [0.4, 0.5) is 21.8 Å². The number of aromatic nitrogens is 2. The normalized spacial score (nSPS) is 10.7. The molecule has 2 aromatic rings. The van der Waals surface area contributed by atoms with Crippen LogP contribution in [-0.2, 0) is 0 Å². The molecule has 0 spiro atoms. The van der Waals surface area contributed by atoms with Crippen molar-refractivity contribution in [3.63, 3.8) is 0 Å². The summed E-state index contributed by atoms with van der Waals surface area (Å²) in [6.07, 6.45) is 1.65. The van der Waals surface area contributed by atoms with Crippen LogP contribution in [0.25, 0.3) is 0 Å². The summed E-state index contributed by atoms with van der Waals surface area (Å²) in [6.45, 7) is 1.69. The van der Waals surface area contributed by atoms with Gasteiger partial charge in [-0.3, -0.25) is 0 Å². The monoisotopic (exact) mass is 309 g/mol. The van der Waals surface area contributed by atoms with E-state index >= 15 is 0 Å². The summed E-state index contributed by atoms with van der Waals surface area (Å²) in [5, 5.41) is 6.25. The molecule has 0 saturated carbocycles. The number of nitrogens with one attached hydrogen (secondary N) is 2. The van der Waals surface area contributed by atoms with Gasteiger partial charge in [0.15, 0.2) is 0 Å². The largest absolute Gasteiger partial charge is 0.369 e. The molecule has 0 unspecified atom stereocenters. The molecule has 5 nitrogen and oxygen atoms in total. The van der Waals surface area contributed by atoms with Crippen molar-refractivity contribution in [1.82, 2.24) is 14.9 Å². The van der Waals surface area contributed by atoms with Crippen molar-refractivity contribution < 1.29 is 4.39 Å². The van der Waals surface area contributed by atoms with Gasteiger partial charge >= 0.3 is 0 Å². The average Bonchev–Trinajstić information content (AvgIpc) is 2.43. The summed E-state index contributed by atoms with van der Waals surface area (Å²) < 4.78 is 13.1. The van der Waals surface area contributed by atoms with Crippen molar-refractivity contribution >= 4 is 29.1 Å². The Hall–Kier alpha value is -1.92. The van der Waals surface area contributed by atoms with Crippen LogP contribution in [0.3, 0.4) is 0 Å². The molecule has 0 aliphatic rings. The lowest BCUT2D eigenvalue weighted by Crippen LogP contribution is -2.21. The molecule has 7 heteroatoms. The molecule has 0 radical (unpaired) electrons. The van der Waals surface area contributed by atoms with Crippen LogP contribution in [0.1, 0.15) is 0 Å². The van der Waals surface area contributed by atoms with Crippen LogP contribution in [0.15, 0.2) is 30.5 Å². The van der Waals surface area contributed by atoms with Crippen LogP contribution in [0.2, 0.25) is 5.02 Å². The molecule has 0 saturated heterocycles. The smallest absolute Gasteiger partial charge is 0.229 e. The molecule has 1 aromatic heterocycles. The highest BCUT2D eigenvalue weighted by molar-refractivity contribution is 6.31. The van der Waals surface area contributed by atoms with E-state index in [0.717, 1.165) is 18.9 Å². The summed E-state index contributed by atoms with van der Waals surface area (Å²) in [5.74, 6) is 0.692. The van der Waals surface area contributed by atoms with Gasteiger partial charge in [0, 0.05) is 25.0 Å². The predicted octanol–water partition coefficient (Wildman–Crippen LogP) is 2.99. The second kappa shape index (κ2) is 7.19. The molecule has 0 bridgehead atoms. The van der Waals surface area contributed by atoms with E-state index in [4.69, 9.17) is 11.6 Å². The number of hydrogen-bond acceptors (Lipinski definition) is 5. The lowest BCUT2D eigenvalue weighted by molar-refractivity contribution is 0.425. The Morgan fingerprint density at radius 1 is 1.29 bits per heavy atom. The second-order valence-corrected chi connectivity index (χ2v) is 5.16. The van der Waals surface area contributed by atoms with Crippen molar-refractivity contribution in [3.05, 3.63) is 41.3 Å². The molecule has 21 heavy (non-hydrogen) atoms. The first-order chi connectivity index (χ1) is 10.0. The van der Waals surface area contributed by atoms with Gasteiger partial charge in [0.25, 0.3) is 0 Å². The Balaban J connectivity index is 2.01. The third-order valence-electron chi connectivity index (χ3n) is 2.70. The molecule has 2 rings (SSSR count). The van der Waals surface area contributed by atoms with Crippen molar-refractivity contribution in [3.8, 4) is 0 Å². The highest BCUT2D eigenvalue weighted by atomic mass is 35.5. The van der Waals surface area contributed by atoms with Crippen LogP contribution in [0.5, 0.6) is 0 Å². The SMILES string of the molecule is CN(C)CCNc1ccnc(Nc2ccc(F)c(Cl)c2)n1. The zero-order valence-corrected chi connectivity index (χ0v) is 12.7. The minimum atomic E-state index is -0.456. The molecule has 0 aliphatic heterocycles. The minimum Gasteiger partial charge on any atom is -0.369 e. The molecule has 0 amide bonds. The van der Waals surface area contributed by atoms with Gasteiger partial charge in [-0.1, -0.05) is 11.6 Å². The molecule has 1 aromatic carbocycles. The maximum Gasteiger partial charge on any atom is 0.229 e. The van der Waals surface area contributed by atoms with Gasteiger partial charge < -0.3 is 15.5 Å². The number of anilines is 3.